The lowest BCUT2D eigenvalue weighted by Crippen LogP contribution is -2.24. The Hall–Kier alpha value is -2.47. The lowest BCUT2D eigenvalue weighted by molar-refractivity contribution is 0.583. The zero-order valence-electron chi connectivity index (χ0n) is 14.5. The summed E-state index contributed by atoms with van der Waals surface area (Å²) in [6, 6.07) is 17.2. The van der Waals surface area contributed by atoms with E-state index >= 15 is 0 Å². The summed E-state index contributed by atoms with van der Waals surface area (Å²) in [5, 5.41) is -0.522. The molecule has 0 amide bonds. The third-order valence-electron chi connectivity index (χ3n) is 4.04. The molecule has 3 rings (SSSR count). The van der Waals surface area contributed by atoms with E-state index in [1.165, 1.54) is 0 Å². The quantitative estimate of drug-likeness (QED) is 0.701. The molecule has 1 heterocycles. The molecule has 0 spiro atoms. The van der Waals surface area contributed by atoms with Crippen molar-refractivity contribution in [1.82, 2.24) is 9.97 Å². The van der Waals surface area contributed by atoms with E-state index in [0.717, 1.165) is 5.56 Å². The highest BCUT2D eigenvalue weighted by Crippen LogP contribution is 2.27. The van der Waals surface area contributed by atoms with Crippen LogP contribution >= 0.6 is 0 Å². The first-order chi connectivity index (χ1) is 11.9. The minimum absolute atomic E-state index is 0.0413. The lowest BCUT2D eigenvalue weighted by atomic mass is 10.2. The topological polar surface area (TPSA) is 63.2 Å². The van der Waals surface area contributed by atoms with Gasteiger partial charge in [-0.25, -0.2) is 18.4 Å². The Labute approximate surface area is 148 Å². The Balaban J connectivity index is 2.14. The molecule has 0 radical (unpaired) electrons. The van der Waals surface area contributed by atoms with Crippen molar-refractivity contribution in [2.24, 2.45) is 0 Å². The maximum atomic E-state index is 12.8. The molecule has 0 aliphatic carbocycles. The van der Waals surface area contributed by atoms with E-state index < -0.39 is 15.1 Å². The van der Waals surface area contributed by atoms with Crippen molar-refractivity contribution < 1.29 is 8.42 Å². The summed E-state index contributed by atoms with van der Waals surface area (Å²) in [6.07, 6.45) is 0. The van der Waals surface area contributed by atoms with Gasteiger partial charge in [-0.1, -0.05) is 42.5 Å². The second kappa shape index (κ2) is 6.80. The molecule has 0 unspecified atom stereocenters. The van der Waals surface area contributed by atoms with Gasteiger partial charge in [0.25, 0.3) is 0 Å². The highest BCUT2D eigenvalue weighted by molar-refractivity contribution is 7.92. The molecular weight excluding hydrogens is 334 g/mol. The average Bonchev–Trinajstić information content (AvgIpc) is 2.61. The van der Waals surface area contributed by atoms with Gasteiger partial charge in [-0.3, -0.25) is 0 Å². The summed E-state index contributed by atoms with van der Waals surface area (Å²) in [7, 11) is -1.71. The van der Waals surface area contributed by atoms with Crippen molar-refractivity contribution >= 4 is 26.7 Å². The van der Waals surface area contributed by atoms with Crippen LogP contribution in [0.5, 0.6) is 0 Å². The van der Waals surface area contributed by atoms with Crippen LogP contribution in [0, 0.1) is 0 Å². The molecule has 6 heteroatoms. The second-order valence-corrected chi connectivity index (χ2v) is 8.70. The Bertz CT molecular complexity index is 986. The molecule has 2 aromatic carbocycles. The maximum absolute atomic E-state index is 12.8. The molecule has 3 aromatic rings. The predicted octanol–water partition coefficient (Wildman–Crippen LogP) is 3.45. The first kappa shape index (κ1) is 17.4. The van der Waals surface area contributed by atoms with Gasteiger partial charge in [0.2, 0.25) is 9.84 Å². The molecular formula is C19H21N3O2S. The van der Waals surface area contributed by atoms with Gasteiger partial charge in [0, 0.05) is 13.6 Å². The Morgan fingerprint density at radius 2 is 1.48 bits per heavy atom. The van der Waals surface area contributed by atoms with E-state index in [4.69, 9.17) is 0 Å². The van der Waals surface area contributed by atoms with Crippen LogP contribution in [0.4, 0.5) is 5.82 Å². The minimum atomic E-state index is -3.55. The Morgan fingerprint density at radius 1 is 0.920 bits per heavy atom. The number of benzene rings is 2. The first-order valence-electron chi connectivity index (χ1n) is 8.15. The van der Waals surface area contributed by atoms with Crippen LogP contribution in [0.2, 0.25) is 0 Å². The third-order valence-corrected chi connectivity index (χ3v) is 6.09. The summed E-state index contributed by atoms with van der Waals surface area (Å²) in [4.78, 5) is 10.9. The molecule has 130 valence electrons. The van der Waals surface area contributed by atoms with Crippen LogP contribution in [0.15, 0.2) is 59.6 Å². The molecule has 0 fully saturated rings. The normalized spacial score (nSPS) is 11.8. The molecule has 1 aromatic heterocycles. The number of hydrogen-bond donors (Lipinski definition) is 0. The standard InChI is InChI=1S/C19H21N3O2S/c1-14(2)25(23,24)19-18(20-16-11-7-8-12-17(16)21-19)22(3)13-15-9-5-4-6-10-15/h4-12,14H,13H2,1-3H3. The van der Waals surface area contributed by atoms with Gasteiger partial charge in [0.05, 0.1) is 16.3 Å². The molecule has 0 N–H and O–H groups in total. The van der Waals surface area contributed by atoms with Gasteiger partial charge in [0.1, 0.15) is 0 Å². The molecule has 25 heavy (non-hydrogen) atoms. The molecule has 0 saturated carbocycles. The Kier molecular flexibility index (Phi) is 4.72. The van der Waals surface area contributed by atoms with Gasteiger partial charge in [-0.15, -0.1) is 0 Å². The highest BCUT2D eigenvalue weighted by Gasteiger charge is 2.28. The predicted molar refractivity (Wildman–Crippen MR) is 100 cm³/mol. The molecule has 0 aliphatic rings. The van der Waals surface area contributed by atoms with Gasteiger partial charge in [-0.2, -0.15) is 0 Å². The summed E-state index contributed by atoms with van der Waals surface area (Å²) in [5.74, 6) is 0.385. The summed E-state index contributed by atoms with van der Waals surface area (Å²) >= 11 is 0. The van der Waals surface area contributed by atoms with Crippen LogP contribution in [0.3, 0.4) is 0 Å². The number of rotatable bonds is 5. The van der Waals surface area contributed by atoms with Crippen LogP contribution in [-0.2, 0) is 16.4 Å². The number of anilines is 1. The van der Waals surface area contributed by atoms with Crippen LogP contribution < -0.4 is 4.90 Å². The van der Waals surface area contributed by atoms with Crippen LogP contribution in [0.1, 0.15) is 19.4 Å². The van der Waals surface area contributed by atoms with Crippen molar-refractivity contribution in [3.63, 3.8) is 0 Å². The third kappa shape index (κ3) is 3.49. The summed E-state index contributed by atoms with van der Waals surface area (Å²) < 4.78 is 25.6. The van der Waals surface area contributed by atoms with Crippen molar-refractivity contribution in [1.29, 1.82) is 0 Å². The zero-order valence-corrected chi connectivity index (χ0v) is 15.4. The van der Waals surface area contributed by atoms with E-state index in [9.17, 15) is 8.42 Å². The number of hydrogen-bond acceptors (Lipinski definition) is 5. The monoisotopic (exact) mass is 355 g/mol. The van der Waals surface area contributed by atoms with Crippen molar-refractivity contribution in [3.05, 3.63) is 60.2 Å². The van der Waals surface area contributed by atoms with Crippen molar-refractivity contribution in [2.75, 3.05) is 11.9 Å². The van der Waals surface area contributed by atoms with E-state index in [-0.39, 0.29) is 5.03 Å². The van der Waals surface area contributed by atoms with E-state index in [2.05, 4.69) is 9.97 Å². The number of nitrogens with zero attached hydrogens (tertiary/aromatic N) is 3. The lowest BCUT2D eigenvalue weighted by Gasteiger charge is -2.22. The average molecular weight is 355 g/mol. The molecule has 0 saturated heterocycles. The fourth-order valence-electron chi connectivity index (χ4n) is 2.57. The number of fused-ring (bicyclic) bond motifs is 1. The number of sulfone groups is 1. The fraction of sp³-hybridized carbons (Fsp3) is 0.263. The number of para-hydroxylation sites is 2. The second-order valence-electron chi connectivity index (χ2n) is 6.28. The van der Waals surface area contributed by atoms with E-state index in [1.807, 2.05) is 60.5 Å². The van der Waals surface area contributed by atoms with Gasteiger partial charge >= 0.3 is 0 Å². The number of aromatic nitrogens is 2. The summed E-state index contributed by atoms with van der Waals surface area (Å²) in [5.41, 5.74) is 2.34. The highest BCUT2D eigenvalue weighted by atomic mass is 32.2. The molecule has 0 bridgehead atoms. The van der Waals surface area contributed by atoms with Gasteiger partial charge < -0.3 is 4.90 Å². The molecule has 5 nitrogen and oxygen atoms in total. The fourth-order valence-corrected chi connectivity index (χ4v) is 3.70. The first-order valence-corrected chi connectivity index (χ1v) is 9.70. The SMILES string of the molecule is CC(C)S(=O)(=O)c1nc2ccccc2nc1N(C)Cc1ccccc1. The Morgan fingerprint density at radius 3 is 2.08 bits per heavy atom. The smallest absolute Gasteiger partial charge is 0.201 e. The van der Waals surface area contributed by atoms with Gasteiger partial charge in [0.15, 0.2) is 10.8 Å². The largest absolute Gasteiger partial charge is 0.353 e. The van der Waals surface area contributed by atoms with E-state index in [1.54, 1.807) is 19.9 Å². The molecule has 0 aliphatic heterocycles. The van der Waals surface area contributed by atoms with Crippen molar-refractivity contribution in [2.45, 2.75) is 30.7 Å². The van der Waals surface area contributed by atoms with Crippen molar-refractivity contribution in [3.8, 4) is 0 Å². The van der Waals surface area contributed by atoms with Crippen LogP contribution in [0.25, 0.3) is 11.0 Å². The maximum Gasteiger partial charge on any atom is 0.201 e. The zero-order chi connectivity index (χ0) is 18.0. The summed E-state index contributed by atoms with van der Waals surface area (Å²) in [6.45, 7) is 3.87. The minimum Gasteiger partial charge on any atom is -0.353 e. The molecule has 0 atom stereocenters. The van der Waals surface area contributed by atoms with E-state index in [0.29, 0.717) is 23.4 Å². The van der Waals surface area contributed by atoms with Gasteiger partial charge in [-0.05, 0) is 31.5 Å². The van der Waals surface area contributed by atoms with Crippen LogP contribution in [-0.4, -0.2) is 30.7 Å².